The van der Waals surface area contributed by atoms with E-state index in [-0.39, 0.29) is 17.9 Å². The largest absolute Gasteiger partial charge is 0.490 e. The van der Waals surface area contributed by atoms with Gasteiger partial charge in [-0.3, -0.25) is 14.6 Å². The number of hydrogen-bond donors (Lipinski definition) is 2. The molecule has 174 valence electrons. The van der Waals surface area contributed by atoms with E-state index in [1.54, 1.807) is 18.6 Å². The van der Waals surface area contributed by atoms with Crippen molar-refractivity contribution in [2.75, 3.05) is 6.54 Å². The van der Waals surface area contributed by atoms with Crippen LogP contribution >= 0.6 is 0 Å². The van der Waals surface area contributed by atoms with Gasteiger partial charge in [0, 0.05) is 44.6 Å². The molecule has 1 atom stereocenters. The van der Waals surface area contributed by atoms with Crippen LogP contribution in [0.2, 0.25) is 0 Å². The fourth-order valence-electron chi connectivity index (χ4n) is 3.07. The topological polar surface area (TPSA) is 117 Å². The normalized spacial score (nSPS) is 15.3. The minimum absolute atomic E-state index is 0.118. The van der Waals surface area contributed by atoms with E-state index in [2.05, 4.69) is 15.3 Å². The van der Waals surface area contributed by atoms with Gasteiger partial charge in [0.1, 0.15) is 11.5 Å². The summed E-state index contributed by atoms with van der Waals surface area (Å²) in [6.45, 7) is 5.69. The zero-order chi connectivity index (χ0) is 23.9. The lowest BCUT2D eigenvalue weighted by Crippen LogP contribution is -2.40. The van der Waals surface area contributed by atoms with Crippen molar-refractivity contribution in [1.29, 1.82) is 0 Å². The van der Waals surface area contributed by atoms with Crippen molar-refractivity contribution in [3.63, 3.8) is 0 Å². The Hall–Kier alpha value is -3.44. The number of carbonyl (C=O) groups is 3. The number of aliphatic carboxylic acids is 1. The molecule has 1 aliphatic rings. The van der Waals surface area contributed by atoms with Gasteiger partial charge in [0.05, 0.1) is 6.04 Å². The monoisotopic (exact) mass is 455 g/mol. The molecule has 0 radical (unpaired) electrons. The maximum absolute atomic E-state index is 12.4. The summed E-state index contributed by atoms with van der Waals surface area (Å²) in [7, 11) is 0. The average molecular weight is 455 g/mol. The van der Waals surface area contributed by atoms with Gasteiger partial charge >= 0.3 is 12.1 Å². The Balaban J connectivity index is 0.000000451. The lowest BCUT2D eigenvalue weighted by Gasteiger charge is -2.33. The number of alkyl halides is 3. The molecule has 3 rings (SSSR count). The summed E-state index contributed by atoms with van der Waals surface area (Å²) in [6, 6.07) is 3.62. The summed E-state index contributed by atoms with van der Waals surface area (Å²) < 4.78 is 33.7. The number of carboxylic acids is 1. The molecule has 0 saturated heterocycles. The SMILES string of the molecule is CCCC(=O)N1CCn2cc(C(=O)NCc3cccnc3)nc2C1C.O=C(O)C(F)(F)F. The van der Waals surface area contributed by atoms with E-state index in [1.165, 1.54) is 0 Å². The van der Waals surface area contributed by atoms with Gasteiger partial charge in [-0.05, 0) is 25.0 Å². The Bertz CT molecular complexity index is 946. The number of aromatic nitrogens is 3. The molecular weight excluding hydrogens is 431 g/mol. The molecule has 9 nitrogen and oxygen atoms in total. The predicted molar refractivity (Wildman–Crippen MR) is 106 cm³/mol. The summed E-state index contributed by atoms with van der Waals surface area (Å²) in [5, 5.41) is 9.98. The van der Waals surface area contributed by atoms with Crippen LogP contribution in [0.25, 0.3) is 0 Å². The van der Waals surface area contributed by atoms with Crippen molar-refractivity contribution in [2.24, 2.45) is 0 Å². The van der Waals surface area contributed by atoms with E-state index in [0.717, 1.165) is 17.8 Å². The van der Waals surface area contributed by atoms with Crippen molar-refractivity contribution in [1.82, 2.24) is 24.8 Å². The highest BCUT2D eigenvalue weighted by Crippen LogP contribution is 2.25. The third kappa shape index (κ3) is 6.53. The number of nitrogens with zero attached hydrogens (tertiary/aromatic N) is 4. The third-order valence-electron chi connectivity index (χ3n) is 4.67. The van der Waals surface area contributed by atoms with Crippen molar-refractivity contribution < 1.29 is 32.7 Å². The second-order valence-electron chi connectivity index (χ2n) is 7.04. The van der Waals surface area contributed by atoms with Crippen LogP contribution in [0.3, 0.4) is 0 Å². The van der Waals surface area contributed by atoms with Gasteiger partial charge in [-0.1, -0.05) is 13.0 Å². The van der Waals surface area contributed by atoms with Crippen LogP contribution in [-0.4, -0.2) is 55.0 Å². The van der Waals surface area contributed by atoms with E-state index in [4.69, 9.17) is 9.90 Å². The van der Waals surface area contributed by atoms with E-state index in [0.29, 0.717) is 31.7 Å². The highest BCUT2D eigenvalue weighted by Gasteiger charge is 2.38. The number of nitrogens with one attached hydrogen (secondary N) is 1. The zero-order valence-electron chi connectivity index (χ0n) is 17.6. The average Bonchev–Trinajstić information content (AvgIpc) is 3.18. The molecule has 12 heteroatoms. The lowest BCUT2D eigenvalue weighted by atomic mass is 10.2. The van der Waals surface area contributed by atoms with Crippen LogP contribution in [-0.2, 0) is 22.7 Å². The number of hydrogen-bond acceptors (Lipinski definition) is 5. The van der Waals surface area contributed by atoms with Crippen molar-refractivity contribution in [3.05, 3.63) is 47.8 Å². The fourth-order valence-corrected chi connectivity index (χ4v) is 3.07. The Morgan fingerprint density at radius 3 is 2.53 bits per heavy atom. The number of imidazole rings is 1. The molecule has 0 fully saturated rings. The Labute approximate surface area is 182 Å². The summed E-state index contributed by atoms with van der Waals surface area (Å²) >= 11 is 0. The van der Waals surface area contributed by atoms with Crippen LogP contribution < -0.4 is 5.32 Å². The van der Waals surface area contributed by atoms with Crippen LogP contribution in [0.4, 0.5) is 13.2 Å². The van der Waals surface area contributed by atoms with E-state index in [1.807, 2.05) is 35.4 Å². The molecule has 0 bridgehead atoms. The lowest BCUT2D eigenvalue weighted by molar-refractivity contribution is -0.192. The van der Waals surface area contributed by atoms with E-state index < -0.39 is 12.1 Å². The quantitative estimate of drug-likeness (QED) is 0.716. The van der Waals surface area contributed by atoms with Gasteiger partial charge in [0.25, 0.3) is 5.91 Å². The Kier molecular flexibility index (Phi) is 8.33. The predicted octanol–water partition coefficient (Wildman–Crippen LogP) is 2.54. The van der Waals surface area contributed by atoms with Gasteiger partial charge in [0.15, 0.2) is 0 Å². The highest BCUT2D eigenvalue weighted by molar-refractivity contribution is 5.92. The second kappa shape index (κ2) is 10.7. The summed E-state index contributed by atoms with van der Waals surface area (Å²) in [6.07, 6.45) is 1.48. The van der Waals surface area contributed by atoms with Gasteiger partial charge in [-0.2, -0.15) is 13.2 Å². The summed E-state index contributed by atoms with van der Waals surface area (Å²) in [5.41, 5.74) is 1.32. The first kappa shape index (κ1) is 24.8. The molecule has 2 aromatic heterocycles. The molecule has 2 N–H and O–H groups in total. The standard InChI is InChI=1S/C18H23N5O2.C2HF3O2/c1-3-5-16(24)23-9-8-22-12-15(21-17(22)13(23)2)18(25)20-11-14-6-4-7-19-10-14;3-2(4,5)1(6)7/h4,6-7,10,12-13H,3,5,8-9,11H2,1-2H3,(H,20,25);(H,6,7). The molecule has 0 aromatic carbocycles. The van der Waals surface area contributed by atoms with Gasteiger partial charge < -0.3 is 19.9 Å². The smallest absolute Gasteiger partial charge is 0.475 e. The van der Waals surface area contributed by atoms with Crippen molar-refractivity contribution in [2.45, 2.75) is 52.0 Å². The maximum atomic E-state index is 12.4. The van der Waals surface area contributed by atoms with Gasteiger partial charge in [-0.25, -0.2) is 9.78 Å². The number of rotatable bonds is 5. The number of amides is 2. The van der Waals surface area contributed by atoms with E-state index in [9.17, 15) is 22.8 Å². The number of fused-ring (bicyclic) bond motifs is 1. The van der Waals surface area contributed by atoms with Gasteiger partial charge in [-0.15, -0.1) is 0 Å². The maximum Gasteiger partial charge on any atom is 0.490 e. The zero-order valence-corrected chi connectivity index (χ0v) is 17.6. The van der Waals surface area contributed by atoms with Crippen LogP contribution in [0.1, 0.15) is 54.6 Å². The molecule has 3 heterocycles. The number of pyridine rings is 1. The van der Waals surface area contributed by atoms with Crippen molar-refractivity contribution in [3.8, 4) is 0 Å². The minimum Gasteiger partial charge on any atom is -0.475 e. The first-order chi connectivity index (χ1) is 15.0. The second-order valence-corrected chi connectivity index (χ2v) is 7.04. The fraction of sp³-hybridized carbons (Fsp3) is 0.450. The summed E-state index contributed by atoms with van der Waals surface area (Å²) in [4.78, 5) is 43.8. The van der Waals surface area contributed by atoms with Crippen LogP contribution in [0.15, 0.2) is 30.7 Å². The van der Waals surface area contributed by atoms with Gasteiger partial charge in [0.2, 0.25) is 5.91 Å². The first-order valence-electron chi connectivity index (χ1n) is 9.88. The molecule has 32 heavy (non-hydrogen) atoms. The van der Waals surface area contributed by atoms with Crippen LogP contribution in [0, 0.1) is 0 Å². The van der Waals surface area contributed by atoms with Crippen molar-refractivity contribution >= 4 is 17.8 Å². The molecule has 1 aliphatic heterocycles. The summed E-state index contributed by atoms with van der Waals surface area (Å²) in [5.74, 6) is -2.06. The minimum atomic E-state index is -5.08. The number of carbonyl (C=O) groups excluding carboxylic acids is 2. The molecule has 0 aliphatic carbocycles. The molecular formula is C20H24F3N5O4. The highest BCUT2D eigenvalue weighted by atomic mass is 19.4. The Morgan fingerprint density at radius 1 is 1.28 bits per heavy atom. The molecule has 0 saturated carbocycles. The van der Waals surface area contributed by atoms with E-state index >= 15 is 0 Å². The number of carboxylic acid groups (broad SMARTS) is 1. The third-order valence-corrected chi connectivity index (χ3v) is 4.67. The number of halogens is 3. The molecule has 0 spiro atoms. The molecule has 2 amide bonds. The first-order valence-corrected chi connectivity index (χ1v) is 9.88. The Morgan fingerprint density at radius 2 is 1.97 bits per heavy atom. The van der Waals surface area contributed by atoms with Crippen LogP contribution in [0.5, 0.6) is 0 Å². The molecule has 1 unspecified atom stereocenters. The molecule has 2 aromatic rings.